The van der Waals surface area contributed by atoms with Crippen LogP contribution in [-0.4, -0.2) is 36.5 Å². The van der Waals surface area contributed by atoms with Crippen LogP contribution in [0.4, 0.5) is 0 Å². The van der Waals surface area contributed by atoms with Crippen molar-refractivity contribution in [1.29, 1.82) is 0 Å². The van der Waals surface area contributed by atoms with Crippen LogP contribution in [0.2, 0.25) is 0 Å². The van der Waals surface area contributed by atoms with Crippen molar-refractivity contribution in [2.45, 2.75) is 56.9 Å². The van der Waals surface area contributed by atoms with E-state index < -0.39 is 0 Å². The number of likely N-dealkylation sites (tertiary alicyclic amines) is 1. The van der Waals surface area contributed by atoms with E-state index in [4.69, 9.17) is 4.42 Å². The molecule has 0 spiro atoms. The summed E-state index contributed by atoms with van der Waals surface area (Å²) in [5.74, 6) is 1.50. The number of fused-ring (bicyclic) bond motifs is 1. The summed E-state index contributed by atoms with van der Waals surface area (Å²) in [6.45, 7) is 3.59. The van der Waals surface area contributed by atoms with E-state index in [2.05, 4.69) is 28.4 Å². The Morgan fingerprint density at radius 1 is 0.906 bits per heavy atom. The maximum atomic E-state index is 12.4. The van der Waals surface area contributed by atoms with Gasteiger partial charge in [-0.1, -0.05) is 36.4 Å². The second-order valence-electron chi connectivity index (χ2n) is 9.65. The molecule has 2 aliphatic rings. The van der Waals surface area contributed by atoms with E-state index in [9.17, 15) is 4.79 Å². The van der Waals surface area contributed by atoms with Gasteiger partial charge in [-0.05, 0) is 94.6 Å². The zero-order valence-corrected chi connectivity index (χ0v) is 18.8. The second-order valence-corrected chi connectivity index (χ2v) is 9.65. The molecule has 1 N–H and O–H groups in total. The predicted molar refractivity (Wildman–Crippen MR) is 129 cm³/mol. The molecule has 2 heterocycles. The quantitative estimate of drug-likeness (QED) is 0.522. The first-order valence-electron chi connectivity index (χ1n) is 12.3. The highest BCUT2D eigenvalue weighted by atomic mass is 16.3. The summed E-state index contributed by atoms with van der Waals surface area (Å²) < 4.78 is 5.77. The molecule has 0 unspecified atom stereocenters. The summed E-state index contributed by atoms with van der Waals surface area (Å²) >= 11 is 0. The number of piperidine rings is 1. The Bertz CT molecular complexity index is 1010. The summed E-state index contributed by atoms with van der Waals surface area (Å²) in [6.07, 6.45) is 10.4. The number of carbonyl (C=O) groups is 1. The zero-order chi connectivity index (χ0) is 21.8. The monoisotopic (exact) mass is 430 g/mol. The standard InChI is InChI=1S/C28H34N2O2/c31-28(23-6-2-1-3-7-23)29-24-12-10-21(11-13-24)14-17-30-18-15-22(16-19-30)26-20-32-27-9-5-4-8-25(26)27/h1-9,20-22,24H,10-19H2,(H,29,31). The lowest BCUT2D eigenvalue weighted by molar-refractivity contribution is 0.0919. The predicted octanol–water partition coefficient (Wildman–Crippen LogP) is 5.99. The van der Waals surface area contributed by atoms with E-state index in [1.165, 1.54) is 62.7 Å². The summed E-state index contributed by atoms with van der Waals surface area (Å²) in [4.78, 5) is 15.0. The highest BCUT2D eigenvalue weighted by Gasteiger charge is 2.26. The van der Waals surface area contributed by atoms with Crippen molar-refractivity contribution in [3.05, 3.63) is 72.0 Å². The van der Waals surface area contributed by atoms with E-state index in [-0.39, 0.29) is 5.91 Å². The van der Waals surface area contributed by atoms with E-state index in [1.54, 1.807) is 0 Å². The summed E-state index contributed by atoms with van der Waals surface area (Å²) in [7, 11) is 0. The van der Waals surface area contributed by atoms with Gasteiger partial charge in [0, 0.05) is 22.6 Å². The second kappa shape index (κ2) is 9.91. The van der Waals surface area contributed by atoms with E-state index in [0.29, 0.717) is 12.0 Å². The van der Waals surface area contributed by atoms with E-state index in [1.807, 2.05) is 42.7 Å². The Kier molecular flexibility index (Phi) is 6.59. The van der Waals surface area contributed by atoms with Gasteiger partial charge in [0.1, 0.15) is 5.58 Å². The molecule has 1 aromatic heterocycles. The molecule has 2 aromatic carbocycles. The first-order chi connectivity index (χ1) is 15.8. The molecule has 3 aromatic rings. The van der Waals surface area contributed by atoms with Crippen molar-refractivity contribution in [1.82, 2.24) is 10.2 Å². The number of benzene rings is 2. The van der Waals surface area contributed by atoms with Crippen molar-refractivity contribution in [2.24, 2.45) is 5.92 Å². The van der Waals surface area contributed by atoms with Crippen LogP contribution in [0, 0.1) is 5.92 Å². The van der Waals surface area contributed by atoms with Crippen molar-refractivity contribution < 1.29 is 9.21 Å². The van der Waals surface area contributed by atoms with Gasteiger partial charge < -0.3 is 14.6 Å². The van der Waals surface area contributed by atoms with Gasteiger partial charge in [-0.15, -0.1) is 0 Å². The molecular formula is C28H34N2O2. The summed E-state index contributed by atoms with van der Waals surface area (Å²) in [5, 5.41) is 4.53. The molecule has 0 atom stereocenters. The lowest BCUT2D eigenvalue weighted by atomic mass is 9.83. The molecule has 4 nitrogen and oxygen atoms in total. The third-order valence-electron chi connectivity index (χ3n) is 7.61. The van der Waals surface area contributed by atoms with Gasteiger partial charge in [-0.25, -0.2) is 0 Å². The van der Waals surface area contributed by atoms with Gasteiger partial charge in [0.05, 0.1) is 6.26 Å². The van der Waals surface area contributed by atoms with Crippen molar-refractivity contribution in [2.75, 3.05) is 19.6 Å². The molecular weight excluding hydrogens is 396 g/mol. The maximum Gasteiger partial charge on any atom is 0.251 e. The first-order valence-corrected chi connectivity index (χ1v) is 12.3. The Hall–Kier alpha value is -2.59. The average Bonchev–Trinajstić information content (AvgIpc) is 3.29. The van der Waals surface area contributed by atoms with Crippen LogP contribution < -0.4 is 5.32 Å². The molecule has 2 fully saturated rings. The first kappa shape index (κ1) is 21.3. The lowest BCUT2D eigenvalue weighted by Gasteiger charge is -2.34. The van der Waals surface area contributed by atoms with Gasteiger partial charge in [0.25, 0.3) is 5.91 Å². The van der Waals surface area contributed by atoms with Crippen LogP contribution >= 0.6 is 0 Å². The molecule has 32 heavy (non-hydrogen) atoms. The zero-order valence-electron chi connectivity index (χ0n) is 18.8. The SMILES string of the molecule is O=C(NC1CCC(CCN2CCC(c3coc4ccccc34)CC2)CC1)c1ccccc1. The topological polar surface area (TPSA) is 45.5 Å². The van der Waals surface area contributed by atoms with Crippen LogP contribution in [0.3, 0.4) is 0 Å². The number of furan rings is 1. The molecule has 1 saturated heterocycles. The molecule has 4 heteroatoms. The average molecular weight is 431 g/mol. The molecule has 5 rings (SSSR count). The summed E-state index contributed by atoms with van der Waals surface area (Å²) in [5.41, 5.74) is 3.18. The number of nitrogens with one attached hydrogen (secondary N) is 1. The third kappa shape index (κ3) is 4.91. The third-order valence-corrected chi connectivity index (χ3v) is 7.61. The van der Waals surface area contributed by atoms with Crippen LogP contribution in [0.15, 0.2) is 65.3 Å². The molecule has 1 saturated carbocycles. The molecule has 1 aliphatic heterocycles. The van der Waals surface area contributed by atoms with Gasteiger partial charge >= 0.3 is 0 Å². The Labute approximate surface area is 191 Å². The maximum absolute atomic E-state index is 12.4. The van der Waals surface area contributed by atoms with Crippen LogP contribution in [0.5, 0.6) is 0 Å². The highest BCUT2D eigenvalue weighted by molar-refractivity contribution is 5.94. The number of para-hydroxylation sites is 1. The van der Waals surface area contributed by atoms with Crippen molar-refractivity contribution >= 4 is 16.9 Å². The lowest BCUT2D eigenvalue weighted by Crippen LogP contribution is -2.38. The number of carbonyl (C=O) groups excluding carboxylic acids is 1. The van der Waals surface area contributed by atoms with Crippen LogP contribution in [0.1, 0.15) is 66.8 Å². The van der Waals surface area contributed by atoms with E-state index in [0.717, 1.165) is 29.9 Å². The normalized spacial score (nSPS) is 22.8. The Balaban J connectivity index is 1.03. The van der Waals surface area contributed by atoms with Gasteiger partial charge in [-0.3, -0.25) is 4.79 Å². The number of amides is 1. The van der Waals surface area contributed by atoms with E-state index >= 15 is 0 Å². The smallest absolute Gasteiger partial charge is 0.251 e. The Morgan fingerprint density at radius 3 is 2.41 bits per heavy atom. The van der Waals surface area contributed by atoms with Crippen molar-refractivity contribution in [3.63, 3.8) is 0 Å². The van der Waals surface area contributed by atoms with Gasteiger partial charge in [0.15, 0.2) is 0 Å². The fraction of sp³-hybridized carbons (Fsp3) is 0.464. The minimum Gasteiger partial charge on any atom is -0.464 e. The fourth-order valence-corrected chi connectivity index (χ4v) is 5.60. The number of nitrogens with zero attached hydrogens (tertiary/aromatic N) is 1. The van der Waals surface area contributed by atoms with Gasteiger partial charge in [-0.2, -0.15) is 0 Å². The minimum absolute atomic E-state index is 0.0716. The largest absolute Gasteiger partial charge is 0.464 e. The fourth-order valence-electron chi connectivity index (χ4n) is 5.60. The van der Waals surface area contributed by atoms with Crippen LogP contribution in [0.25, 0.3) is 11.0 Å². The van der Waals surface area contributed by atoms with Crippen molar-refractivity contribution in [3.8, 4) is 0 Å². The summed E-state index contributed by atoms with van der Waals surface area (Å²) in [6, 6.07) is 18.3. The number of rotatable bonds is 6. The molecule has 168 valence electrons. The number of hydrogen-bond donors (Lipinski definition) is 1. The minimum atomic E-state index is 0.0716. The van der Waals surface area contributed by atoms with Crippen LogP contribution in [-0.2, 0) is 0 Å². The molecule has 0 bridgehead atoms. The highest BCUT2D eigenvalue weighted by Crippen LogP contribution is 2.35. The molecule has 1 amide bonds. The van der Waals surface area contributed by atoms with Gasteiger partial charge in [0.2, 0.25) is 0 Å². The Morgan fingerprint density at radius 2 is 1.62 bits per heavy atom. The number of hydrogen-bond acceptors (Lipinski definition) is 3. The molecule has 1 aliphatic carbocycles. The molecule has 0 radical (unpaired) electrons.